The predicted molar refractivity (Wildman–Crippen MR) is 56.0 cm³/mol. The van der Waals surface area contributed by atoms with Crippen LogP contribution in [-0.2, 0) is 15.5 Å². The van der Waals surface area contributed by atoms with Crippen molar-refractivity contribution in [3.05, 3.63) is 0 Å². The molecule has 1 rings (SSSR count). The summed E-state index contributed by atoms with van der Waals surface area (Å²) < 4.78 is 14.1. The third-order valence-corrected chi connectivity index (χ3v) is 1.87. The van der Waals surface area contributed by atoms with E-state index in [4.69, 9.17) is 25.5 Å². The molecule has 0 aromatic carbocycles. The lowest BCUT2D eigenvalue weighted by molar-refractivity contribution is -0.286. The standard InChI is InChI=1S/C6H12O6.C2H6OS/c7-1-2-3(8)4(9)5(10)6(11)12-2;1-4(2)3/h2-11H,1H2;1-2H3/t2-,3-,4+,5-,6+;/m1./s1. The molecule has 0 radical (unpaired) electrons. The van der Waals surface area contributed by atoms with Crippen molar-refractivity contribution in [2.24, 2.45) is 0 Å². The Bertz CT molecular complexity index is 216. The predicted octanol–water partition coefficient (Wildman–Crippen LogP) is -3.23. The average molecular weight is 258 g/mol. The number of hydrogen-bond acceptors (Lipinski definition) is 7. The van der Waals surface area contributed by atoms with Crippen LogP contribution in [0.1, 0.15) is 0 Å². The summed E-state index contributed by atoms with van der Waals surface area (Å²) in [5.41, 5.74) is 0. The molecule has 1 heterocycles. The molecular weight excluding hydrogens is 240 g/mol. The van der Waals surface area contributed by atoms with Crippen LogP contribution in [0.25, 0.3) is 0 Å². The van der Waals surface area contributed by atoms with Gasteiger partial charge in [0.15, 0.2) is 6.29 Å². The molecule has 0 spiro atoms. The summed E-state index contributed by atoms with van der Waals surface area (Å²) in [7, 11) is -0.611. The van der Waals surface area contributed by atoms with E-state index in [1.54, 1.807) is 12.5 Å². The van der Waals surface area contributed by atoms with Gasteiger partial charge in [-0.25, -0.2) is 0 Å². The van der Waals surface area contributed by atoms with Crippen molar-refractivity contribution in [1.29, 1.82) is 0 Å². The van der Waals surface area contributed by atoms with E-state index in [9.17, 15) is 4.21 Å². The van der Waals surface area contributed by atoms with E-state index >= 15 is 0 Å². The fourth-order valence-electron chi connectivity index (χ4n) is 1.08. The third kappa shape index (κ3) is 4.83. The first kappa shape index (κ1) is 15.9. The number of hydrogen-bond donors (Lipinski definition) is 5. The molecule has 0 aromatic rings. The summed E-state index contributed by atoms with van der Waals surface area (Å²) >= 11 is 0. The Labute approximate surface area is 95.8 Å². The van der Waals surface area contributed by atoms with Crippen LogP contribution in [0.5, 0.6) is 0 Å². The van der Waals surface area contributed by atoms with Crippen LogP contribution >= 0.6 is 0 Å². The molecule has 1 saturated heterocycles. The second kappa shape index (κ2) is 7.28. The largest absolute Gasteiger partial charge is 0.394 e. The van der Waals surface area contributed by atoms with Gasteiger partial charge in [0.05, 0.1) is 6.61 Å². The van der Waals surface area contributed by atoms with Crippen LogP contribution in [0.4, 0.5) is 0 Å². The van der Waals surface area contributed by atoms with Crippen molar-refractivity contribution in [1.82, 2.24) is 0 Å². The zero-order chi connectivity index (χ0) is 12.9. The highest BCUT2D eigenvalue weighted by molar-refractivity contribution is 7.83. The van der Waals surface area contributed by atoms with Crippen molar-refractivity contribution in [3.8, 4) is 0 Å². The summed E-state index contributed by atoms with van der Waals surface area (Å²) in [4.78, 5) is 0. The molecule has 0 amide bonds. The summed E-state index contributed by atoms with van der Waals surface area (Å²) in [6.45, 7) is -0.526. The van der Waals surface area contributed by atoms with Gasteiger partial charge in [-0.3, -0.25) is 4.21 Å². The first-order valence-electron chi connectivity index (χ1n) is 4.55. The summed E-state index contributed by atoms with van der Waals surface area (Å²) in [6, 6.07) is 0. The number of aliphatic hydroxyl groups is 5. The Morgan fingerprint density at radius 3 is 1.88 bits per heavy atom. The number of ether oxygens (including phenoxy) is 1. The highest BCUT2D eigenvalue weighted by atomic mass is 32.2. The fourth-order valence-corrected chi connectivity index (χ4v) is 1.08. The van der Waals surface area contributed by atoms with Crippen LogP contribution in [0, 0.1) is 0 Å². The fraction of sp³-hybridized carbons (Fsp3) is 1.00. The van der Waals surface area contributed by atoms with Crippen LogP contribution in [-0.4, -0.2) is 79.6 Å². The molecule has 1 aliphatic heterocycles. The molecule has 7 nitrogen and oxygen atoms in total. The molecule has 8 heteroatoms. The highest BCUT2D eigenvalue weighted by Crippen LogP contribution is 2.18. The van der Waals surface area contributed by atoms with Gasteiger partial charge in [0.2, 0.25) is 0 Å². The van der Waals surface area contributed by atoms with Gasteiger partial charge in [-0.2, -0.15) is 0 Å². The lowest BCUT2D eigenvalue weighted by Crippen LogP contribution is -2.58. The highest BCUT2D eigenvalue weighted by Gasteiger charge is 2.42. The monoisotopic (exact) mass is 258 g/mol. The molecule has 16 heavy (non-hydrogen) atoms. The van der Waals surface area contributed by atoms with Gasteiger partial charge in [0.25, 0.3) is 0 Å². The normalized spacial score (nSPS) is 39.1. The summed E-state index contributed by atoms with van der Waals surface area (Å²) in [5.74, 6) is 0. The molecule has 0 unspecified atom stereocenters. The molecule has 5 N–H and O–H groups in total. The summed E-state index contributed by atoms with van der Waals surface area (Å²) in [5, 5.41) is 44.7. The quantitative estimate of drug-likeness (QED) is 0.334. The molecule has 1 aliphatic rings. The smallest absolute Gasteiger partial charge is 0.184 e. The van der Waals surface area contributed by atoms with E-state index in [1.807, 2.05) is 0 Å². The number of aliphatic hydroxyl groups excluding tert-OH is 5. The molecule has 98 valence electrons. The maximum Gasteiger partial charge on any atom is 0.184 e. The van der Waals surface area contributed by atoms with Crippen molar-refractivity contribution in [3.63, 3.8) is 0 Å². The van der Waals surface area contributed by atoms with Crippen molar-refractivity contribution in [2.75, 3.05) is 19.1 Å². The zero-order valence-corrected chi connectivity index (χ0v) is 9.87. The van der Waals surface area contributed by atoms with E-state index in [1.165, 1.54) is 0 Å². The lowest BCUT2D eigenvalue weighted by atomic mass is 10.00. The zero-order valence-electron chi connectivity index (χ0n) is 9.05. The first-order valence-corrected chi connectivity index (χ1v) is 6.51. The molecular formula is C8H18O7S. The van der Waals surface area contributed by atoms with Gasteiger partial charge in [-0.05, 0) is 0 Å². The minimum Gasteiger partial charge on any atom is -0.394 e. The third-order valence-electron chi connectivity index (χ3n) is 1.87. The maximum absolute atomic E-state index is 9.56. The second-order valence-electron chi connectivity index (χ2n) is 3.46. The van der Waals surface area contributed by atoms with Gasteiger partial charge >= 0.3 is 0 Å². The Morgan fingerprint density at radius 2 is 1.50 bits per heavy atom. The van der Waals surface area contributed by atoms with E-state index in [-0.39, 0.29) is 0 Å². The van der Waals surface area contributed by atoms with E-state index in [2.05, 4.69) is 4.74 Å². The van der Waals surface area contributed by atoms with Crippen molar-refractivity contribution < 1.29 is 34.5 Å². The van der Waals surface area contributed by atoms with Crippen LogP contribution < -0.4 is 0 Å². The molecule has 0 aliphatic carbocycles. The van der Waals surface area contributed by atoms with E-state index in [0.717, 1.165) is 0 Å². The van der Waals surface area contributed by atoms with E-state index < -0.39 is 48.1 Å². The van der Waals surface area contributed by atoms with Gasteiger partial charge in [-0.15, -0.1) is 0 Å². The molecule has 0 bridgehead atoms. The van der Waals surface area contributed by atoms with Gasteiger partial charge in [0.1, 0.15) is 24.4 Å². The Balaban J connectivity index is 0.000000487. The number of rotatable bonds is 1. The minimum atomic E-state index is -1.57. The van der Waals surface area contributed by atoms with Crippen LogP contribution in [0.15, 0.2) is 0 Å². The van der Waals surface area contributed by atoms with Crippen LogP contribution in [0.3, 0.4) is 0 Å². The summed E-state index contributed by atoms with van der Waals surface area (Å²) in [6.07, 6.45) is -3.76. The maximum atomic E-state index is 9.56. The Kier molecular flexibility index (Phi) is 7.24. The first-order chi connectivity index (χ1) is 7.31. The van der Waals surface area contributed by atoms with Gasteiger partial charge < -0.3 is 30.3 Å². The van der Waals surface area contributed by atoms with Gasteiger partial charge in [-0.1, -0.05) is 0 Å². The van der Waals surface area contributed by atoms with Gasteiger partial charge in [0, 0.05) is 23.3 Å². The molecule has 0 saturated carbocycles. The second-order valence-corrected chi connectivity index (χ2v) is 4.94. The Hall–Kier alpha value is -0.0900. The topological polar surface area (TPSA) is 127 Å². The van der Waals surface area contributed by atoms with Crippen molar-refractivity contribution in [2.45, 2.75) is 30.7 Å². The van der Waals surface area contributed by atoms with E-state index in [0.29, 0.717) is 0 Å². The molecule has 5 atom stereocenters. The average Bonchev–Trinajstić information content (AvgIpc) is 2.19. The SMILES string of the molecule is CS(C)=O.OC[C@H]1O[C@H](O)[C@H](O)[C@@H](O)[C@@H]1O. The molecule has 1 fully saturated rings. The lowest BCUT2D eigenvalue weighted by Gasteiger charge is -2.37. The Morgan fingerprint density at radius 1 is 1.06 bits per heavy atom. The van der Waals surface area contributed by atoms with Crippen molar-refractivity contribution >= 4 is 10.8 Å². The molecule has 0 aromatic heterocycles. The van der Waals surface area contributed by atoms with Crippen LogP contribution in [0.2, 0.25) is 0 Å². The minimum absolute atomic E-state index is 0.526.